The minimum absolute atomic E-state index is 0.128. The molecule has 1 atom stereocenters. The van der Waals surface area contributed by atoms with Crippen LogP contribution in [0.5, 0.6) is 0 Å². The molecular formula is C9H14F2NO2-. The molecule has 1 rings (SSSR count). The quantitative estimate of drug-likeness (QED) is 0.560. The fourth-order valence-corrected chi connectivity index (χ4v) is 1.94. The number of rotatable bonds is 0. The summed E-state index contributed by atoms with van der Waals surface area (Å²) in [5, 5.41) is 10.4. The minimum atomic E-state index is -3.29. The van der Waals surface area contributed by atoms with Gasteiger partial charge < -0.3 is 9.90 Å². The number of amides is 1. The van der Waals surface area contributed by atoms with Gasteiger partial charge in [-0.15, -0.1) is 0 Å². The van der Waals surface area contributed by atoms with E-state index in [0.29, 0.717) is 0 Å². The summed E-state index contributed by atoms with van der Waals surface area (Å²) in [5.74, 6) is -0.937. The molecule has 5 heteroatoms. The SMILES string of the molecule is CC(C)(C)C1CCN(C(=O)[O-])C1(F)F. The Bertz CT molecular complexity index is 248. The van der Waals surface area contributed by atoms with Gasteiger partial charge in [0.25, 0.3) is 0 Å². The zero-order valence-electron chi connectivity index (χ0n) is 8.51. The van der Waals surface area contributed by atoms with Crippen molar-refractivity contribution >= 4 is 6.09 Å². The van der Waals surface area contributed by atoms with Gasteiger partial charge in [-0.3, -0.25) is 4.90 Å². The summed E-state index contributed by atoms with van der Waals surface area (Å²) in [6.45, 7) is 4.91. The lowest BCUT2D eigenvalue weighted by molar-refractivity contribution is -0.288. The third kappa shape index (κ3) is 1.67. The van der Waals surface area contributed by atoms with Crippen LogP contribution >= 0.6 is 0 Å². The van der Waals surface area contributed by atoms with Crippen molar-refractivity contribution in [3.63, 3.8) is 0 Å². The maximum Gasteiger partial charge on any atom is 0.329 e. The first-order chi connectivity index (χ1) is 6.17. The first kappa shape index (κ1) is 11.2. The first-order valence-electron chi connectivity index (χ1n) is 4.54. The molecule has 82 valence electrons. The van der Waals surface area contributed by atoms with Gasteiger partial charge in [-0.1, -0.05) is 20.8 Å². The summed E-state index contributed by atoms with van der Waals surface area (Å²) in [5.41, 5.74) is -0.603. The van der Waals surface area contributed by atoms with Crippen molar-refractivity contribution in [2.75, 3.05) is 6.54 Å². The molecule has 3 nitrogen and oxygen atoms in total. The maximum absolute atomic E-state index is 13.5. The fraction of sp³-hybridized carbons (Fsp3) is 0.889. The van der Waals surface area contributed by atoms with Gasteiger partial charge in [0.1, 0.15) is 6.09 Å². The van der Waals surface area contributed by atoms with Crippen LogP contribution in [0.3, 0.4) is 0 Å². The van der Waals surface area contributed by atoms with Crippen LogP contribution in [0.15, 0.2) is 0 Å². The van der Waals surface area contributed by atoms with Crippen LogP contribution in [0, 0.1) is 11.3 Å². The van der Waals surface area contributed by atoms with Gasteiger partial charge in [-0.25, -0.2) is 0 Å². The topological polar surface area (TPSA) is 43.4 Å². The molecule has 1 aliphatic heterocycles. The first-order valence-corrected chi connectivity index (χ1v) is 4.54. The van der Waals surface area contributed by atoms with Gasteiger partial charge >= 0.3 is 6.05 Å². The van der Waals surface area contributed by atoms with Crippen molar-refractivity contribution in [3.05, 3.63) is 0 Å². The molecule has 0 bridgehead atoms. The van der Waals surface area contributed by atoms with E-state index in [1.807, 2.05) is 0 Å². The average Bonchev–Trinajstić information content (AvgIpc) is 2.22. The summed E-state index contributed by atoms with van der Waals surface area (Å²) in [6, 6.07) is -3.29. The molecule has 1 heterocycles. The van der Waals surface area contributed by atoms with Crippen molar-refractivity contribution in [1.82, 2.24) is 4.90 Å². The molecule has 1 fully saturated rings. The summed E-state index contributed by atoms with van der Waals surface area (Å²) >= 11 is 0. The number of hydrogen-bond acceptors (Lipinski definition) is 2. The third-order valence-corrected chi connectivity index (χ3v) is 2.69. The predicted octanol–water partition coefficient (Wildman–Crippen LogP) is 1.29. The molecule has 1 aliphatic rings. The van der Waals surface area contributed by atoms with Crippen molar-refractivity contribution < 1.29 is 18.7 Å². The van der Waals surface area contributed by atoms with Gasteiger partial charge in [0.2, 0.25) is 0 Å². The third-order valence-electron chi connectivity index (χ3n) is 2.69. The highest BCUT2D eigenvalue weighted by Crippen LogP contribution is 2.46. The van der Waals surface area contributed by atoms with Crippen LogP contribution in [-0.2, 0) is 0 Å². The Morgan fingerprint density at radius 3 is 2.21 bits per heavy atom. The van der Waals surface area contributed by atoms with E-state index < -0.39 is 23.5 Å². The zero-order valence-corrected chi connectivity index (χ0v) is 8.51. The molecule has 14 heavy (non-hydrogen) atoms. The minimum Gasteiger partial charge on any atom is -0.530 e. The van der Waals surface area contributed by atoms with Crippen LogP contribution < -0.4 is 5.11 Å². The molecule has 1 amide bonds. The van der Waals surface area contributed by atoms with E-state index in [2.05, 4.69) is 0 Å². The van der Waals surface area contributed by atoms with E-state index >= 15 is 0 Å². The largest absolute Gasteiger partial charge is 0.530 e. The highest BCUT2D eigenvalue weighted by Gasteiger charge is 2.54. The Balaban J connectivity index is 2.92. The molecule has 0 aromatic rings. The molecule has 0 aromatic heterocycles. The lowest BCUT2D eigenvalue weighted by atomic mass is 9.79. The Labute approximate surface area is 81.7 Å². The molecule has 0 aromatic carbocycles. The second kappa shape index (κ2) is 3.07. The van der Waals surface area contributed by atoms with Crippen molar-refractivity contribution in [2.24, 2.45) is 11.3 Å². The molecule has 0 N–H and O–H groups in total. The van der Waals surface area contributed by atoms with E-state index in [1.54, 1.807) is 20.8 Å². The van der Waals surface area contributed by atoms with Crippen molar-refractivity contribution in [2.45, 2.75) is 33.2 Å². The van der Waals surface area contributed by atoms with Crippen molar-refractivity contribution in [1.29, 1.82) is 0 Å². The number of halogens is 2. The maximum atomic E-state index is 13.5. The summed E-state index contributed by atoms with van der Waals surface area (Å²) in [6.07, 6.45) is -1.61. The second-order valence-corrected chi connectivity index (χ2v) is 4.71. The number of carboxylic acid groups (broad SMARTS) is 1. The van der Waals surface area contributed by atoms with Gasteiger partial charge in [-0.2, -0.15) is 8.78 Å². The smallest absolute Gasteiger partial charge is 0.329 e. The van der Waals surface area contributed by atoms with Crippen LogP contribution in [0.2, 0.25) is 0 Å². The Kier molecular flexibility index (Phi) is 2.46. The molecule has 1 unspecified atom stereocenters. The fourth-order valence-electron chi connectivity index (χ4n) is 1.94. The summed E-state index contributed by atoms with van der Waals surface area (Å²) in [7, 11) is 0. The molecule has 0 spiro atoms. The lowest BCUT2D eigenvalue weighted by Crippen LogP contribution is -2.51. The number of carbonyl (C=O) groups excluding carboxylic acids is 1. The monoisotopic (exact) mass is 206 g/mol. The van der Waals surface area contributed by atoms with Gasteiger partial charge in [0.15, 0.2) is 0 Å². The average molecular weight is 206 g/mol. The molecule has 0 saturated carbocycles. The summed E-state index contributed by atoms with van der Waals surface area (Å²) in [4.78, 5) is 10.6. The van der Waals surface area contributed by atoms with Crippen LogP contribution in [0.4, 0.5) is 13.6 Å². The van der Waals surface area contributed by atoms with E-state index in [4.69, 9.17) is 0 Å². The molecule has 0 aliphatic carbocycles. The Morgan fingerprint density at radius 2 is 2.00 bits per heavy atom. The van der Waals surface area contributed by atoms with Crippen LogP contribution in [-0.4, -0.2) is 23.6 Å². The van der Waals surface area contributed by atoms with Gasteiger partial charge in [-0.05, 0) is 11.8 Å². The zero-order chi connectivity index (χ0) is 11.1. The number of alkyl halides is 2. The molecular weight excluding hydrogens is 192 g/mol. The number of carbonyl (C=O) groups is 1. The molecule has 1 saturated heterocycles. The number of hydrogen-bond donors (Lipinski definition) is 0. The normalized spacial score (nSPS) is 26.6. The van der Waals surface area contributed by atoms with Crippen LogP contribution in [0.25, 0.3) is 0 Å². The summed E-state index contributed by atoms with van der Waals surface area (Å²) < 4.78 is 27.1. The van der Waals surface area contributed by atoms with E-state index in [0.717, 1.165) is 0 Å². The van der Waals surface area contributed by atoms with E-state index in [1.165, 1.54) is 0 Å². The lowest BCUT2D eigenvalue weighted by Gasteiger charge is -2.35. The van der Waals surface area contributed by atoms with Crippen LogP contribution in [0.1, 0.15) is 27.2 Å². The van der Waals surface area contributed by atoms with Gasteiger partial charge in [0, 0.05) is 12.5 Å². The number of nitrogens with zero attached hydrogens (tertiary/aromatic N) is 1. The standard InChI is InChI=1S/C9H15F2NO2/c1-8(2,3)6-4-5-12(7(13)14)9(6,10)11/h6H,4-5H2,1-3H3,(H,13,14)/p-1. The Hall–Kier alpha value is -0.870. The molecule has 0 radical (unpaired) electrons. The van der Waals surface area contributed by atoms with Gasteiger partial charge in [0.05, 0.1) is 0 Å². The number of likely N-dealkylation sites (tertiary alicyclic amines) is 1. The highest BCUT2D eigenvalue weighted by atomic mass is 19.3. The Morgan fingerprint density at radius 1 is 1.50 bits per heavy atom. The highest BCUT2D eigenvalue weighted by molar-refractivity contribution is 5.63. The van der Waals surface area contributed by atoms with Crippen molar-refractivity contribution in [3.8, 4) is 0 Å². The second-order valence-electron chi connectivity index (χ2n) is 4.71. The van der Waals surface area contributed by atoms with E-state index in [9.17, 15) is 18.7 Å². The van der Waals surface area contributed by atoms with E-state index in [-0.39, 0.29) is 17.9 Å². The predicted molar refractivity (Wildman–Crippen MR) is 44.6 cm³/mol.